The van der Waals surface area contributed by atoms with Gasteiger partial charge in [-0.05, 0) is 23.9 Å². The van der Waals surface area contributed by atoms with E-state index in [1.165, 1.54) is 4.88 Å². The summed E-state index contributed by atoms with van der Waals surface area (Å²) in [6, 6.07) is 1.94. The van der Waals surface area contributed by atoms with Gasteiger partial charge in [-0.15, -0.1) is 11.3 Å². The van der Waals surface area contributed by atoms with Crippen molar-refractivity contribution in [2.24, 2.45) is 5.73 Å². The maximum atomic E-state index is 6.30. The monoisotopic (exact) mass is 244 g/mol. The van der Waals surface area contributed by atoms with Crippen molar-refractivity contribution >= 4 is 16.9 Å². The third kappa shape index (κ3) is 1.64. The van der Waals surface area contributed by atoms with Crippen LogP contribution < -0.4 is 5.73 Å². The summed E-state index contributed by atoms with van der Waals surface area (Å²) in [5.41, 5.74) is 9.44. The second-order valence-corrected chi connectivity index (χ2v) is 5.04. The van der Waals surface area contributed by atoms with Gasteiger partial charge in [0.15, 0.2) is 0 Å². The molecule has 4 nitrogen and oxygen atoms in total. The maximum Gasteiger partial charge on any atom is 0.0896 e. The smallest absolute Gasteiger partial charge is 0.0896 e. The van der Waals surface area contributed by atoms with E-state index in [2.05, 4.69) is 28.5 Å². The Morgan fingerprint density at radius 1 is 1.35 bits per heavy atom. The Kier molecular flexibility index (Phi) is 2.42. The molecule has 1 atom stereocenters. The number of aryl methyl sites for hydroxylation is 1. The molecule has 3 aromatic rings. The number of hydrogen-bond acceptors (Lipinski definition) is 4. The van der Waals surface area contributed by atoms with Crippen molar-refractivity contribution in [1.82, 2.24) is 14.6 Å². The van der Waals surface area contributed by atoms with Crippen LogP contribution in [0.3, 0.4) is 0 Å². The number of nitrogens with zero attached hydrogens (tertiary/aromatic N) is 3. The summed E-state index contributed by atoms with van der Waals surface area (Å²) in [6.45, 7) is 2.09. The lowest BCUT2D eigenvalue weighted by atomic mass is 10.0. The zero-order chi connectivity index (χ0) is 11.8. The van der Waals surface area contributed by atoms with E-state index in [0.29, 0.717) is 0 Å². The van der Waals surface area contributed by atoms with Gasteiger partial charge in [0, 0.05) is 22.8 Å². The van der Waals surface area contributed by atoms with Gasteiger partial charge < -0.3 is 5.73 Å². The van der Waals surface area contributed by atoms with E-state index in [4.69, 9.17) is 5.73 Å². The molecule has 0 radical (unpaired) electrons. The van der Waals surface area contributed by atoms with E-state index in [1.54, 1.807) is 28.2 Å². The molecule has 17 heavy (non-hydrogen) atoms. The summed E-state index contributed by atoms with van der Waals surface area (Å²) in [4.78, 5) is 5.37. The Bertz CT molecular complexity index is 655. The molecule has 0 aliphatic carbocycles. The van der Waals surface area contributed by atoms with Crippen LogP contribution in [-0.2, 0) is 0 Å². The summed E-state index contributed by atoms with van der Waals surface area (Å²) in [5, 5.41) is 6.34. The normalized spacial score (nSPS) is 13.1. The Hall–Kier alpha value is -1.72. The molecule has 3 rings (SSSR count). The Labute approximate surface area is 103 Å². The molecular weight excluding hydrogens is 232 g/mol. The topological polar surface area (TPSA) is 56.2 Å². The molecule has 1 unspecified atom stereocenters. The minimum absolute atomic E-state index is 0.136. The van der Waals surface area contributed by atoms with E-state index in [0.717, 1.165) is 16.6 Å². The SMILES string of the molecule is Cc1sccc1C(N)c1cnn2ccncc12. The third-order valence-corrected chi connectivity index (χ3v) is 3.79. The van der Waals surface area contributed by atoms with Gasteiger partial charge in [-0.3, -0.25) is 4.98 Å². The quantitative estimate of drug-likeness (QED) is 0.751. The maximum absolute atomic E-state index is 6.30. The molecular formula is C12H12N4S. The largest absolute Gasteiger partial charge is 0.320 e. The molecule has 0 saturated carbocycles. The molecule has 0 aliphatic heterocycles. The minimum atomic E-state index is -0.136. The fraction of sp³-hybridized carbons (Fsp3) is 0.167. The van der Waals surface area contributed by atoms with E-state index in [-0.39, 0.29) is 6.04 Å². The van der Waals surface area contributed by atoms with Crippen LogP contribution in [0.4, 0.5) is 0 Å². The lowest BCUT2D eigenvalue weighted by Crippen LogP contribution is -2.11. The molecule has 3 aromatic heterocycles. The van der Waals surface area contributed by atoms with Crippen molar-refractivity contribution in [3.63, 3.8) is 0 Å². The predicted octanol–water partition coefficient (Wildman–Crippen LogP) is 2.15. The highest BCUT2D eigenvalue weighted by atomic mass is 32.1. The van der Waals surface area contributed by atoms with Crippen molar-refractivity contribution < 1.29 is 0 Å². The third-order valence-electron chi connectivity index (χ3n) is 2.92. The first kappa shape index (κ1) is 10.4. The molecule has 0 spiro atoms. The summed E-state index contributed by atoms with van der Waals surface area (Å²) < 4.78 is 1.80. The van der Waals surface area contributed by atoms with Crippen molar-refractivity contribution in [2.75, 3.05) is 0 Å². The zero-order valence-corrected chi connectivity index (χ0v) is 10.2. The second-order valence-electron chi connectivity index (χ2n) is 3.92. The van der Waals surface area contributed by atoms with Gasteiger partial charge in [0.05, 0.1) is 24.0 Å². The molecule has 86 valence electrons. The average molecular weight is 244 g/mol. The number of rotatable bonds is 2. The van der Waals surface area contributed by atoms with Gasteiger partial charge in [0.1, 0.15) is 0 Å². The summed E-state index contributed by atoms with van der Waals surface area (Å²) in [6.07, 6.45) is 7.15. The van der Waals surface area contributed by atoms with Gasteiger partial charge in [-0.25, -0.2) is 4.52 Å². The number of hydrogen-bond donors (Lipinski definition) is 1. The number of nitrogens with two attached hydrogens (primary N) is 1. The average Bonchev–Trinajstić information content (AvgIpc) is 2.94. The molecule has 3 heterocycles. The van der Waals surface area contributed by atoms with Crippen LogP contribution in [0.25, 0.3) is 5.52 Å². The van der Waals surface area contributed by atoms with E-state index < -0.39 is 0 Å². The predicted molar refractivity (Wildman–Crippen MR) is 68.1 cm³/mol. The highest BCUT2D eigenvalue weighted by Gasteiger charge is 2.16. The van der Waals surface area contributed by atoms with Crippen LogP contribution in [0.5, 0.6) is 0 Å². The van der Waals surface area contributed by atoms with Gasteiger partial charge in [0.25, 0.3) is 0 Å². The fourth-order valence-electron chi connectivity index (χ4n) is 1.98. The van der Waals surface area contributed by atoms with Gasteiger partial charge in [0.2, 0.25) is 0 Å². The first-order valence-electron chi connectivity index (χ1n) is 5.34. The lowest BCUT2D eigenvalue weighted by Gasteiger charge is -2.09. The first-order chi connectivity index (χ1) is 8.27. The second kappa shape index (κ2) is 3.94. The van der Waals surface area contributed by atoms with E-state index in [9.17, 15) is 0 Å². The Morgan fingerprint density at radius 3 is 3.00 bits per heavy atom. The minimum Gasteiger partial charge on any atom is -0.320 e. The standard InChI is InChI=1S/C12H12N4S/c1-8-9(2-5-17-8)12(13)10-6-15-16-4-3-14-7-11(10)16/h2-7,12H,13H2,1H3. The summed E-state index contributed by atoms with van der Waals surface area (Å²) in [7, 11) is 0. The molecule has 2 N–H and O–H groups in total. The van der Waals surface area contributed by atoms with Crippen molar-refractivity contribution in [1.29, 1.82) is 0 Å². The van der Waals surface area contributed by atoms with Crippen LogP contribution in [0.15, 0.2) is 36.2 Å². The summed E-state index contributed by atoms with van der Waals surface area (Å²) in [5.74, 6) is 0. The Morgan fingerprint density at radius 2 is 2.24 bits per heavy atom. The van der Waals surface area contributed by atoms with Crippen LogP contribution in [-0.4, -0.2) is 14.6 Å². The van der Waals surface area contributed by atoms with Gasteiger partial charge in [-0.2, -0.15) is 5.10 Å². The van der Waals surface area contributed by atoms with E-state index in [1.807, 2.05) is 12.4 Å². The molecule has 0 saturated heterocycles. The van der Waals surface area contributed by atoms with Crippen LogP contribution >= 0.6 is 11.3 Å². The van der Waals surface area contributed by atoms with Crippen LogP contribution in [0.1, 0.15) is 22.0 Å². The molecule has 0 fully saturated rings. The van der Waals surface area contributed by atoms with Crippen LogP contribution in [0, 0.1) is 6.92 Å². The first-order valence-corrected chi connectivity index (χ1v) is 6.22. The van der Waals surface area contributed by atoms with Gasteiger partial charge in [-0.1, -0.05) is 0 Å². The zero-order valence-electron chi connectivity index (χ0n) is 9.37. The summed E-state index contributed by atoms with van der Waals surface area (Å²) >= 11 is 1.71. The van der Waals surface area contributed by atoms with Crippen LogP contribution in [0.2, 0.25) is 0 Å². The molecule has 0 amide bonds. The molecule has 0 aliphatic rings. The number of aromatic nitrogens is 3. The molecule has 5 heteroatoms. The highest BCUT2D eigenvalue weighted by Crippen LogP contribution is 2.28. The van der Waals surface area contributed by atoms with Crippen molar-refractivity contribution in [3.8, 4) is 0 Å². The number of thiophene rings is 1. The van der Waals surface area contributed by atoms with E-state index >= 15 is 0 Å². The number of fused-ring (bicyclic) bond motifs is 1. The fourth-order valence-corrected chi connectivity index (χ4v) is 2.73. The molecule has 0 bridgehead atoms. The van der Waals surface area contributed by atoms with Gasteiger partial charge >= 0.3 is 0 Å². The highest BCUT2D eigenvalue weighted by molar-refractivity contribution is 7.10. The lowest BCUT2D eigenvalue weighted by molar-refractivity contribution is 0.877. The molecule has 0 aromatic carbocycles. The van der Waals surface area contributed by atoms with Crippen molar-refractivity contribution in [2.45, 2.75) is 13.0 Å². The van der Waals surface area contributed by atoms with Crippen molar-refractivity contribution in [3.05, 3.63) is 52.2 Å². The Balaban J connectivity index is 2.13.